The largest absolute Gasteiger partial charge is 0.497 e. The molecule has 0 radical (unpaired) electrons. The van der Waals surface area contributed by atoms with Crippen molar-refractivity contribution >= 4 is 23.4 Å². The Bertz CT molecular complexity index is 989. The lowest BCUT2D eigenvalue weighted by Gasteiger charge is -2.10. The number of thioether (sulfide) groups is 1. The Kier molecular flexibility index (Phi) is 8.35. The lowest BCUT2D eigenvalue weighted by Crippen LogP contribution is -2.15. The molecule has 0 atom stereocenters. The van der Waals surface area contributed by atoms with Crippen LogP contribution in [0.25, 0.3) is 0 Å². The maximum atomic E-state index is 12.4. The van der Waals surface area contributed by atoms with E-state index in [0.29, 0.717) is 11.4 Å². The third-order valence-electron chi connectivity index (χ3n) is 4.85. The van der Waals surface area contributed by atoms with Crippen molar-refractivity contribution in [2.75, 3.05) is 25.3 Å². The van der Waals surface area contributed by atoms with E-state index < -0.39 is 0 Å². The van der Waals surface area contributed by atoms with Crippen LogP contribution in [0, 0.1) is 0 Å². The highest BCUT2D eigenvalue weighted by atomic mass is 32.2. The second kappa shape index (κ2) is 11.4. The van der Waals surface area contributed by atoms with Crippen LogP contribution >= 0.6 is 11.8 Å². The predicted octanol–water partition coefficient (Wildman–Crippen LogP) is 4.22. The minimum absolute atomic E-state index is 0.110. The van der Waals surface area contributed by atoms with Crippen LogP contribution in [-0.2, 0) is 24.2 Å². The SMILES string of the molecule is CCn1c(CCCc2ccc(OC)cc2)nnc1SCC(=O)Nc1ccccc1OC. The number of amides is 1. The van der Waals surface area contributed by atoms with Crippen molar-refractivity contribution in [3.63, 3.8) is 0 Å². The molecule has 1 N–H and O–H groups in total. The molecule has 1 amide bonds. The van der Waals surface area contributed by atoms with Crippen LogP contribution in [0.15, 0.2) is 53.7 Å². The van der Waals surface area contributed by atoms with E-state index in [0.717, 1.165) is 42.5 Å². The summed E-state index contributed by atoms with van der Waals surface area (Å²) < 4.78 is 12.6. The molecule has 31 heavy (non-hydrogen) atoms. The number of aryl methyl sites for hydroxylation is 2. The summed E-state index contributed by atoms with van der Waals surface area (Å²) >= 11 is 1.39. The normalized spacial score (nSPS) is 10.7. The van der Waals surface area contributed by atoms with E-state index in [2.05, 4.69) is 39.1 Å². The summed E-state index contributed by atoms with van der Waals surface area (Å²) in [6.45, 7) is 2.83. The number of hydrogen-bond donors (Lipinski definition) is 1. The van der Waals surface area contributed by atoms with Gasteiger partial charge in [-0.2, -0.15) is 0 Å². The zero-order chi connectivity index (χ0) is 22.1. The van der Waals surface area contributed by atoms with Crippen LogP contribution in [0.3, 0.4) is 0 Å². The summed E-state index contributed by atoms with van der Waals surface area (Å²) in [5.41, 5.74) is 1.93. The fourth-order valence-corrected chi connectivity index (χ4v) is 4.06. The maximum absolute atomic E-state index is 12.4. The predicted molar refractivity (Wildman–Crippen MR) is 123 cm³/mol. The van der Waals surface area contributed by atoms with E-state index >= 15 is 0 Å². The number of carbonyl (C=O) groups excluding carboxylic acids is 1. The number of nitrogens with zero attached hydrogens (tertiary/aromatic N) is 3. The van der Waals surface area contributed by atoms with Crippen molar-refractivity contribution in [2.24, 2.45) is 0 Å². The van der Waals surface area contributed by atoms with Gasteiger partial charge in [0, 0.05) is 13.0 Å². The molecule has 8 heteroatoms. The number of para-hydroxylation sites is 2. The minimum Gasteiger partial charge on any atom is -0.497 e. The highest BCUT2D eigenvalue weighted by molar-refractivity contribution is 7.99. The molecule has 0 aliphatic carbocycles. The Labute approximate surface area is 187 Å². The van der Waals surface area contributed by atoms with E-state index in [1.165, 1.54) is 17.3 Å². The molecule has 0 fully saturated rings. The van der Waals surface area contributed by atoms with Crippen LogP contribution in [0.2, 0.25) is 0 Å². The second-order valence-electron chi connectivity index (χ2n) is 6.88. The van der Waals surface area contributed by atoms with E-state index in [1.54, 1.807) is 14.2 Å². The van der Waals surface area contributed by atoms with E-state index in [-0.39, 0.29) is 11.7 Å². The molecule has 0 spiro atoms. The summed E-state index contributed by atoms with van der Waals surface area (Å²) in [4.78, 5) is 12.4. The van der Waals surface area contributed by atoms with Crippen LogP contribution in [0.5, 0.6) is 11.5 Å². The van der Waals surface area contributed by atoms with Gasteiger partial charge in [-0.1, -0.05) is 36.0 Å². The molecule has 2 aromatic carbocycles. The molecule has 0 saturated carbocycles. The maximum Gasteiger partial charge on any atom is 0.234 e. The fourth-order valence-electron chi connectivity index (χ4n) is 3.24. The first-order chi connectivity index (χ1) is 15.1. The Morgan fingerprint density at radius 2 is 1.81 bits per heavy atom. The topological polar surface area (TPSA) is 78.3 Å². The molecule has 0 aliphatic heterocycles. The number of anilines is 1. The first-order valence-corrected chi connectivity index (χ1v) is 11.2. The molecule has 0 bridgehead atoms. The number of carbonyl (C=O) groups is 1. The van der Waals surface area contributed by atoms with Crippen LogP contribution < -0.4 is 14.8 Å². The Morgan fingerprint density at radius 1 is 1.03 bits per heavy atom. The average Bonchev–Trinajstić information content (AvgIpc) is 3.20. The van der Waals surface area contributed by atoms with Crippen molar-refractivity contribution in [3.8, 4) is 11.5 Å². The molecule has 1 heterocycles. The third kappa shape index (κ3) is 6.24. The highest BCUT2D eigenvalue weighted by Gasteiger charge is 2.14. The van der Waals surface area contributed by atoms with Crippen molar-refractivity contribution in [2.45, 2.75) is 37.9 Å². The number of benzene rings is 2. The molecule has 7 nitrogen and oxygen atoms in total. The second-order valence-corrected chi connectivity index (χ2v) is 7.82. The summed E-state index contributed by atoms with van der Waals surface area (Å²) in [5.74, 6) is 2.59. The third-order valence-corrected chi connectivity index (χ3v) is 5.81. The van der Waals surface area contributed by atoms with Crippen LogP contribution in [-0.4, -0.2) is 40.6 Å². The molecule has 164 valence electrons. The first kappa shape index (κ1) is 22.7. The van der Waals surface area contributed by atoms with Crippen molar-refractivity contribution < 1.29 is 14.3 Å². The molecule has 3 aromatic rings. The van der Waals surface area contributed by atoms with Crippen molar-refractivity contribution in [3.05, 3.63) is 59.9 Å². The van der Waals surface area contributed by atoms with Gasteiger partial charge < -0.3 is 19.4 Å². The van der Waals surface area contributed by atoms with E-state index in [4.69, 9.17) is 9.47 Å². The summed E-state index contributed by atoms with van der Waals surface area (Å²) in [5, 5.41) is 12.3. The van der Waals surface area contributed by atoms with Crippen molar-refractivity contribution in [1.82, 2.24) is 14.8 Å². The lowest BCUT2D eigenvalue weighted by molar-refractivity contribution is -0.113. The molecule has 0 aliphatic rings. The van der Waals surface area contributed by atoms with Gasteiger partial charge in [0.25, 0.3) is 0 Å². The Morgan fingerprint density at radius 3 is 2.52 bits per heavy atom. The Hall–Kier alpha value is -3.00. The molecule has 0 saturated heterocycles. The molecule has 0 unspecified atom stereocenters. The standard InChI is InChI=1S/C23H28N4O3S/c1-4-27-21(11-7-8-17-12-14-18(29-2)15-13-17)25-26-23(27)31-16-22(28)24-19-9-5-6-10-20(19)30-3/h5-6,9-10,12-15H,4,7-8,11,16H2,1-3H3,(H,24,28). The van der Waals surface area contributed by atoms with E-state index in [9.17, 15) is 4.79 Å². The fraction of sp³-hybridized carbons (Fsp3) is 0.348. The number of ether oxygens (including phenoxy) is 2. The first-order valence-electron chi connectivity index (χ1n) is 10.2. The number of rotatable bonds is 11. The van der Waals surface area contributed by atoms with Gasteiger partial charge in [0.1, 0.15) is 17.3 Å². The van der Waals surface area contributed by atoms with Gasteiger partial charge in [0.2, 0.25) is 5.91 Å². The van der Waals surface area contributed by atoms with Gasteiger partial charge in [0.05, 0.1) is 25.7 Å². The number of nitrogens with one attached hydrogen (secondary N) is 1. The van der Waals surface area contributed by atoms with Gasteiger partial charge in [-0.05, 0) is 49.6 Å². The molecule has 3 rings (SSSR count). The van der Waals surface area contributed by atoms with Crippen LogP contribution in [0.4, 0.5) is 5.69 Å². The zero-order valence-corrected chi connectivity index (χ0v) is 18.9. The minimum atomic E-state index is -0.110. The number of hydrogen-bond acceptors (Lipinski definition) is 6. The quantitative estimate of drug-likeness (QED) is 0.450. The number of methoxy groups -OCH3 is 2. The van der Waals surface area contributed by atoms with Crippen LogP contribution in [0.1, 0.15) is 24.7 Å². The summed E-state index contributed by atoms with van der Waals surface area (Å²) in [6, 6.07) is 15.5. The molecular weight excluding hydrogens is 412 g/mol. The van der Waals surface area contributed by atoms with Gasteiger partial charge in [-0.3, -0.25) is 4.79 Å². The average molecular weight is 441 g/mol. The molecule has 1 aromatic heterocycles. The highest BCUT2D eigenvalue weighted by Crippen LogP contribution is 2.24. The smallest absolute Gasteiger partial charge is 0.234 e. The Balaban J connectivity index is 1.52. The summed E-state index contributed by atoms with van der Waals surface area (Å²) in [6.07, 6.45) is 2.77. The van der Waals surface area contributed by atoms with Gasteiger partial charge >= 0.3 is 0 Å². The van der Waals surface area contributed by atoms with Crippen molar-refractivity contribution in [1.29, 1.82) is 0 Å². The van der Waals surface area contributed by atoms with E-state index in [1.807, 2.05) is 36.4 Å². The monoisotopic (exact) mass is 440 g/mol. The van der Waals surface area contributed by atoms with Gasteiger partial charge in [-0.15, -0.1) is 10.2 Å². The van der Waals surface area contributed by atoms with Gasteiger partial charge in [-0.25, -0.2) is 0 Å². The van der Waals surface area contributed by atoms with Gasteiger partial charge in [0.15, 0.2) is 5.16 Å². The summed E-state index contributed by atoms with van der Waals surface area (Å²) in [7, 11) is 3.25. The zero-order valence-electron chi connectivity index (χ0n) is 18.1. The number of aromatic nitrogens is 3. The molecular formula is C23H28N4O3S. The lowest BCUT2D eigenvalue weighted by atomic mass is 10.1.